The SMILES string of the molecule is COC(CN)C(=O)NCCC1CCCC1. The van der Waals surface area contributed by atoms with E-state index in [2.05, 4.69) is 5.32 Å². The van der Waals surface area contributed by atoms with Crippen LogP contribution in [0.5, 0.6) is 0 Å². The molecular formula is C11H22N2O2. The summed E-state index contributed by atoms with van der Waals surface area (Å²) in [6.45, 7) is 0.995. The summed E-state index contributed by atoms with van der Waals surface area (Å²) < 4.78 is 4.95. The maximum Gasteiger partial charge on any atom is 0.250 e. The first kappa shape index (κ1) is 12.5. The highest BCUT2D eigenvalue weighted by Crippen LogP contribution is 2.26. The van der Waals surface area contributed by atoms with Crippen molar-refractivity contribution < 1.29 is 9.53 Å². The van der Waals surface area contributed by atoms with E-state index in [4.69, 9.17) is 10.5 Å². The Kier molecular flexibility index (Phi) is 5.65. The van der Waals surface area contributed by atoms with Crippen molar-refractivity contribution in [2.24, 2.45) is 11.7 Å². The number of amides is 1. The van der Waals surface area contributed by atoms with E-state index in [1.54, 1.807) is 0 Å². The first-order valence-electron chi connectivity index (χ1n) is 5.78. The fourth-order valence-corrected chi connectivity index (χ4v) is 2.12. The molecule has 1 aliphatic carbocycles. The highest BCUT2D eigenvalue weighted by molar-refractivity contribution is 5.80. The lowest BCUT2D eigenvalue weighted by molar-refractivity contribution is -0.130. The van der Waals surface area contributed by atoms with Crippen LogP contribution in [0.2, 0.25) is 0 Å². The molecule has 4 nitrogen and oxygen atoms in total. The number of nitrogens with two attached hydrogens (primary N) is 1. The quantitative estimate of drug-likeness (QED) is 0.682. The first-order valence-corrected chi connectivity index (χ1v) is 5.78. The van der Waals surface area contributed by atoms with Gasteiger partial charge in [0.1, 0.15) is 6.10 Å². The predicted octanol–water partition coefficient (Wildman–Crippen LogP) is 0.657. The van der Waals surface area contributed by atoms with Gasteiger partial charge in [0.25, 0.3) is 0 Å². The van der Waals surface area contributed by atoms with Gasteiger partial charge in [-0.3, -0.25) is 4.79 Å². The minimum Gasteiger partial charge on any atom is -0.370 e. The van der Waals surface area contributed by atoms with Gasteiger partial charge in [0.05, 0.1) is 0 Å². The summed E-state index contributed by atoms with van der Waals surface area (Å²) >= 11 is 0. The van der Waals surface area contributed by atoms with Crippen LogP contribution in [0.4, 0.5) is 0 Å². The van der Waals surface area contributed by atoms with Gasteiger partial charge < -0.3 is 15.8 Å². The molecule has 0 radical (unpaired) electrons. The van der Waals surface area contributed by atoms with Crippen molar-refractivity contribution in [3.8, 4) is 0 Å². The molecule has 1 atom stereocenters. The number of rotatable bonds is 6. The average molecular weight is 214 g/mol. The molecular weight excluding hydrogens is 192 g/mol. The van der Waals surface area contributed by atoms with Crippen LogP contribution in [-0.4, -0.2) is 32.2 Å². The number of carbonyl (C=O) groups is 1. The lowest BCUT2D eigenvalue weighted by Crippen LogP contribution is -2.41. The zero-order chi connectivity index (χ0) is 11.1. The lowest BCUT2D eigenvalue weighted by Gasteiger charge is -2.14. The topological polar surface area (TPSA) is 64.3 Å². The molecule has 1 unspecified atom stereocenters. The van der Waals surface area contributed by atoms with E-state index < -0.39 is 6.10 Å². The maximum atomic E-state index is 11.5. The highest BCUT2D eigenvalue weighted by Gasteiger charge is 2.17. The van der Waals surface area contributed by atoms with Crippen molar-refractivity contribution in [1.29, 1.82) is 0 Å². The largest absolute Gasteiger partial charge is 0.370 e. The minimum atomic E-state index is -0.492. The van der Waals surface area contributed by atoms with E-state index >= 15 is 0 Å². The normalized spacial score (nSPS) is 19.1. The molecule has 0 spiro atoms. The molecule has 3 N–H and O–H groups in total. The van der Waals surface area contributed by atoms with E-state index in [0.717, 1.165) is 18.9 Å². The van der Waals surface area contributed by atoms with E-state index in [9.17, 15) is 4.79 Å². The predicted molar refractivity (Wildman–Crippen MR) is 59.4 cm³/mol. The molecule has 4 heteroatoms. The third-order valence-electron chi connectivity index (χ3n) is 3.12. The molecule has 1 rings (SSSR count). The van der Waals surface area contributed by atoms with Crippen molar-refractivity contribution in [3.05, 3.63) is 0 Å². The number of nitrogens with one attached hydrogen (secondary N) is 1. The third-order valence-corrected chi connectivity index (χ3v) is 3.12. The summed E-state index contributed by atoms with van der Waals surface area (Å²) in [5.41, 5.74) is 5.39. The molecule has 0 aromatic carbocycles. The molecule has 1 fully saturated rings. The summed E-state index contributed by atoms with van der Waals surface area (Å²) in [5, 5.41) is 2.87. The summed E-state index contributed by atoms with van der Waals surface area (Å²) in [5.74, 6) is 0.724. The van der Waals surface area contributed by atoms with Crippen molar-refractivity contribution >= 4 is 5.91 Å². The second-order valence-electron chi connectivity index (χ2n) is 4.19. The van der Waals surface area contributed by atoms with Crippen LogP contribution in [0, 0.1) is 5.92 Å². The molecule has 0 aromatic heterocycles. The third kappa shape index (κ3) is 4.18. The Morgan fingerprint density at radius 2 is 2.20 bits per heavy atom. The monoisotopic (exact) mass is 214 g/mol. The summed E-state index contributed by atoms with van der Waals surface area (Å²) in [4.78, 5) is 11.5. The number of ether oxygens (including phenoxy) is 1. The molecule has 0 heterocycles. The molecule has 15 heavy (non-hydrogen) atoms. The van der Waals surface area contributed by atoms with Crippen molar-refractivity contribution in [2.75, 3.05) is 20.2 Å². The van der Waals surface area contributed by atoms with Gasteiger partial charge in [0.15, 0.2) is 0 Å². The van der Waals surface area contributed by atoms with Crippen LogP contribution >= 0.6 is 0 Å². The van der Waals surface area contributed by atoms with Crippen LogP contribution in [-0.2, 0) is 9.53 Å². The van der Waals surface area contributed by atoms with Crippen LogP contribution in [0.3, 0.4) is 0 Å². The van der Waals surface area contributed by atoms with Crippen LogP contribution < -0.4 is 11.1 Å². The van der Waals surface area contributed by atoms with Gasteiger partial charge in [0, 0.05) is 20.2 Å². The Bertz CT molecular complexity index is 187. The van der Waals surface area contributed by atoms with E-state index in [1.807, 2.05) is 0 Å². The van der Waals surface area contributed by atoms with Crippen LogP contribution in [0.25, 0.3) is 0 Å². The summed E-state index contributed by atoms with van der Waals surface area (Å²) in [6, 6.07) is 0. The fraction of sp³-hybridized carbons (Fsp3) is 0.909. The Balaban J connectivity index is 2.10. The smallest absolute Gasteiger partial charge is 0.250 e. The fourth-order valence-electron chi connectivity index (χ4n) is 2.12. The molecule has 1 amide bonds. The lowest BCUT2D eigenvalue weighted by atomic mass is 10.0. The van der Waals surface area contributed by atoms with Crippen molar-refractivity contribution in [3.63, 3.8) is 0 Å². The van der Waals surface area contributed by atoms with Crippen molar-refractivity contribution in [1.82, 2.24) is 5.32 Å². The molecule has 0 aromatic rings. The van der Waals surface area contributed by atoms with Gasteiger partial charge in [-0.2, -0.15) is 0 Å². The number of carbonyl (C=O) groups excluding carboxylic acids is 1. The van der Waals surface area contributed by atoms with Gasteiger partial charge in [-0.1, -0.05) is 25.7 Å². The molecule has 88 valence electrons. The number of hydrogen-bond acceptors (Lipinski definition) is 3. The average Bonchev–Trinajstić information content (AvgIpc) is 2.72. The molecule has 1 aliphatic rings. The van der Waals surface area contributed by atoms with Gasteiger partial charge in [-0.15, -0.1) is 0 Å². The van der Waals surface area contributed by atoms with E-state index in [1.165, 1.54) is 32.8 Å². The zero-order valence-electron chi connectivity index (χ0n) is 9.50. The first-order chi connectivity index (χ1) is 7.27. The maximum absolute atomic E-state index is 11.5. The van der Waals surface area contributed by atoms with Gasteiger partial charge in [-0.25, -0.2) is 0 Å². The van der Waals surface area contributed by atoms with Crippen LogP contribution in [0.15, 0.2) is 0 Å². The second-order valence-corrected chi connectivity index (χ2v) is 4.19. The van der Waals surface area contributed by atoms with Crippen molar-refractivity contribution in [2.45, 2.75) is 38.2 Å². The number of hydrogen-bond donors (Lipinski definition) is 2. The standard InChI is InChI=1S/C11H22N2O2/c1-15-10(8-12)11(14)13-7-6-9-4-2-3-5-9/h9-10H,2-8,12H2,1H3,(H,13,14). The summed E-state index contributed by atoms with van der Waals surface area (Å²) in [7, 11) is 1.51. The Hall–Kier alpha value is -0.610. The highest BCUT2D eigenvalue weighted by atomic mass is 16.5. The van der Waals surface area contributed by atoms with Gasteiger partial charge in [-0.05, 0) is 12.3 Å². The van der Waals surface area contributed by atoms with Gasteiger partial charge >= 0.3 is 0 Å². The molecule has 0 aliphatic heterocycles. The zero-order valence-corrected chi connectivity index (χ0v) is 9.50. The van der Waals surface area contributed by atoms with Crippen LogP contribution in [0.1, 0.15) is 32.1 Å². The second kappa shape index (κ2) is 6.80. The Labute approximate surface area is 91.5 Å². The summed E-state index contributed by atoms with van der Waals surface area (Å²) in [6.07, 6.45) is 5.94. The van der Waals surface area contributed by atoms with Gasteiger partial charge in [0.2, 0.25) is 5.91 Å². The molecule has 0 saturated heterocycles. The Morgan fingerprint density at radius 3 is 2.73 bits per heavy atom. The van der Waals surface area contributed by atoms with E-state index in [0.29, 0.717) is 0 Å². The van der Waals surface area contributed by atoms with E-state index in [-0.39, 0.29) is 12.5 Å². The molecule has 1 saturated carbocycles. The number of methoxy groups -OCH3 is 1. The molecule has 0 bridgehead atoms. The minimum absolute atomic E-state index is 0.0852. The Morgan fingerprint density at radius 1 is 1.53 bits per heavy atom.